The van der Waals surface area contributed by atoms with E-state index in [9.17, 15) is 0 Å². The van der Waals surface area contributed by atoms with Gasteiger partial charge in [-0.15, -0.1) is 0 Å². The molecule has 0 aliphatic heterocycles. The first-order valence-corrected chi connectivity index (χ1v) is 4.80. The van der Waals surface area contributed by atoms with E-state index in [1.807, 2.05) is 32.0 Å². The molecule has 0 atom stereocenters. The minimum atomic E-state index is -0.455. The molecule has 4 heteroatoms. The third-order valence-corrected chi connectivity index (χ3v) is 2.47. The van der Waals surface area contributed by atoms with Crippen LogP contribution in [-0.4, -0.2) is 10.2 Å². The molecule has 14 heavy (non-hydrogen) atoms. The molecular formula is C10H12ClN3. The molecule has 1 aromatic heterocycles. The number of para-hydroxylation sites is 1. The van der Waals surface area contributed by atoms with Gasteiger partial charge in [0.1, 0.15) is 0 Å². The zero-order valence-electron chi connectivity index (χ0n) is 8.13. The fourth-order valence-electron chi connectivity index (χ4n) is 1.50. The highest BCUT2D eigenvalue weighted by Gasteiger charge is 2.21. The normalized spacial score (nSPS) is 12.3. The minimum absolute atomic E-state index is 0.455. The Morgan fingerprint density at radius 2 is 2.14 bits per heavy atom. The Kier molecular flexibility index (Phi) is 2.01. The van der Waals surface area contributed by atoms with Gasteiger partial charge in [0.2, 0.25) is 0 Å². The number of H-pyrrole nitrogens is 1. The molecule has 0 spiro atoms. The van der Waals surface area contributed by atoms with Crippen molar-refractivity contribution in [3.63, 3.8) is 0 Å². The van der Waals surface area contributed by atoms with Gasteiger partial charge >= 0.3 is 0 Å². The molecule has 0 radical (unpaired) electrons. The topological polar surface area (TPSA) is 54.7 Å². The smallest absolute Gasteiger partial charge is 0.0894 e. The van der Waals surface area contributed by atoms with Crippen LogP contribution in [0.4, 0.5) is 0 Å². The molecule has 0 fully saturated rings. The second kappa shape index (κ2) is 2.97. The van der Waals surface area contributed by atoms with Crippen molar-refractivity contribution >= 4 is 22.5 Å². The molecule has 0 unspecified atom stereocenters. The highest BCUT2D eigenvalue weighted by Crippen LogP contribution is 2.28. The summed E-state index contributed by atoms with van der Waals surface area (Å²) in [6, 6.07) is 5.69. The zero-order valence-corrected chi connectivity index (χ0v) is 8.89. The van der Waals surface area contributed by atoms with Crippen LogP contribution in [-0.2, 0) is 5.54 Å². The van der Waals surface area contributed by atoms with E-state index in [1.54, 1.807) is 0 Å². The summed E-state index contributed by atoms with van der Waals surface area (Å²) in [6.07, 6.45) is 0. The Bertz CT molecular complexity index is 468. The monoisotopic (exact) mass is 209 g/mol. The maximum atomic E-state index is 6.01. The van der Waals surface area contributed by atoms with Crippen molar-refractivity contribution in [3.05, 3.63) is 28.9 Å². The van der Waals surface area contributed by atoms with E-state index in [2.05, 4.69) is 10.2 Å². The number of hydrogen-bond acceptors (Lipinski definition) is 2. The van der Waals surface area contributed by atoms with E-state index in [0.29, 0.717) is 5.02 Å². The van der Waals surface area contributed by atoms with Crippen LogP contribution >= 0.6 is 11.6 Å². The average Bonchev–Trinajstić information content (AvgIpc) is 2.47. The Morgan fingerprint density at radius 1 is 1.43 bits per heavy atom. The molecule has 2 aromatic rings. The van der Waals surface area contributed by atoms with Crippen molar-refractivity contribution in [2.75, 3.05) is 0 Å². The Morgan fingerprint density at radius 3 is 2.79 bits per heavy atom. The molecule has 74 valence electrons. The van der Waals surface area contributed by atoms with Crippen LogP contribution in [0.1, 0.15) is 19.5 Å². The third-order valence-electron chi connectivity index (χ3n) is 2.16. The van der Waals surface area contributed by atoms with Crippen molar-refractivity contribution < 1.29 is 0 Å². The lowest BCUT2D eigenvalue weighted by atomic mass is 9.99. The van der Waals surface area contributed by atoms with E-state index >= 15 is 0 Å². The lowest BCUT2D eigenvalue weighted by Crippen LogP contribution is -2.29. The van der Waals surface area contributed by atoms with Gasteiger partial charge in [-0.1, -0.05) is 23.7 Å². The number of halogens is 1. The van der Waals surface area contributed by atoms with Crippen molar-refractivity contribution in [1.82, 2.24) is 10.2 Å². The van der Waals surface area contributed by atoms with E-state index in [-0.39, 0.29) is 0 Å². The third kappa shape index (κ3) is 1.38. The molecule has 1 heterocycles. The van der Waals surface area contributed by atoms with E-state index in [4.69, 9.17) is 17.3 Å². The van der Waals surface area contributed by atoms with Gasteiger partial charge in [-0.25, -0.2) is 0 Å². The van der Waals surface area contributed by atoms with Gasteiger partial charge in [0.25, 0.3) is 0 Å². The van der Waals surface area contributed by atoms with E-state index in [1.165, 1.54) is 0 Å². The highest BCUT2D eigenvalue weighted by molar-refractivity contribution is 6.35. The lowest BCUT2D eigenvalue weighted by molar-refractivity contribution is 0.538. The fraction of sp³-hybridized carbons (Fsp3) is 0.300. The number of nitrogens with one attached hydrogen (secondary N) is 1. The number of nitrogens with zero attached hydrogens (tertiary/aromatic N) is 1. The summed E-state index contributed by atoms with van der Waals surface area (Å²) in [4.78, 5) is 0. The summed E-state index contributed by atoms with van der Waals surface area (Å²) >= 11 is 6.01. The highest BCUT2D eigenvalue weighted by atomic mass is 35.5. The summed E-state index contributed by atoms with van der Waals surface area (Å²) in [7, 11) is 0. The first-order chi connectivity index (χ1) is 6.50. The second-order valence-electron chi connectivity index (χ2n) is 3.96. The SMILES string of the molecule is CC(C)(N)c1n[nH]c2c(Cl)cccc12. The van der Waals surface area contributed by atoms with Crippen molar-refractivity contribution in [3.8, 4) is 0 Å². The number of aromatic amines is 1. The molecular weight excluding hydrogens is 198 g/mol. The number of rotatable bonds is 1. The molecule has 0 amide bonds. The Hall–Kier alpha value is -1.06. The van der Waals surface area contributed by atoms with E-state index < -0.39 is 5.54 Å². The van der Waals surface area contributed by atoms with Gasteiger partial charge in [0.05, 0.1) is 21.8 Å². The Balaban J connectivity index is 2.76. The number of benzene rings is 1. The zero-order chi connectivity index (χ0) is 10.3. The molecule has 0 bridgehead atoms. The van der Waals surface area contributed by atoms with Crippen LogP contribution in [0.2, 0.25) is 5.02 Å². The first-order valence-electron chi connectivity index (χ1n) is 4.42. The molecule has 0 aliphatic rings. The molecule has 0 saturated carbocycles. The standard InChI is InChI=1S/C10H12ClN3/c1-10(2,12)9-6-4-3-5-7(11)8(6)13-14-9/h3-5H,12H2,1-2H3,(H,13,14). The van der Waals surface area contributed by atoms with Crippen LogP contribution in [0, 0.1) is 0 Å². The average molecular weight is 210 g/mol. The summed E-state index contributed by atoms with van der Waals surface area (Å²) in [5, 5.41) is 8.76. The van der Waals surface area contributed by atoms with Gasteiger partial charge < -0.3 is 5.73 Å². The molecule has 0 saturated heterocycles. The molecule has 3 N–H and O–H groups in total. The molecule has 1 aromatic carbocycles. The second-order valence-corrected chi connectivity index (χ2v) is 4.36. The predicted octanol–water partition coefficient (Wildman–Crippen LogP) is 2.41. The predicted molar refractivity (Wildman–Crippen MR) is 58.3 cm³/mol. The Labute approximate surface area is 87.2 Å². The van der Waals surface area contributed by atoms with Crippen LogP contribution in [0.3, 0.4) is 0 Å². The van der Waals surface area contributed by atoms with Crippen LogP contribution in [0.5, 0.6) is 0 Å². The van der Waals surface area contributed by atoms with Crippen LogP contribution in [0.25, 0.3) is 10.9 Å². The summed E-state index contributed by atoms with van der Waals surface area (Å²) in [5.74, 6) is 0. The maximum absolute atomic E-state index is 6.01. The first kappa shape index (κ1) is 9.49. The van der Waals surface area contributed by atoms with Crippen molar-refractivity contribution in [1.29, 1.82) is 0 Å². The molecule has 0 aliphatic carbocycles. The van der Waals surface area contributed by atoms with Crippen LogP contribution in [0.15, 0.2) is 18.2 Å². The van der Waals surface area contributed by atoms with Gasteiger partial charge in [0.15, 0.2) is 0 Å². The van der Waals surface area contributed by atoms with Crippen LogP contribution < -0.4 is 5.73 Å². The number of hydrogen-bond donors (Lipinski definition) is 2. The number of nitrogens with two attached hydrogens (primary N) is 1. The minimum Gasteiger partial charge on any atom is -0.320 e. The van der Waals surface area contributed by atoms with E-state index in [0.717, 1.165) is 16.6 Å². The molecule has 3 nitrogen and oxygen atoms in total. The summed E-state index contributed by atoms with van der Waals surface area (Å²) < 4.78 is 0. The van der Waals surface area contributed by atoms with Crippen molar-refractivity contribution in [2.45, 2.75) is 19.4 Å². The summed E-state index contributed by atoms with van der Waals surface area (Å²) in [5.41, 5.74) is 7.23. The summed E-state index contributed by atoms with van der Waals surface area (Å²) in [6.45, 7) is 3.84. The lowest BCUT2D eigenvalue weighted by Gasteiger charge is -2.15. The quantitative estimate of drug-likeness (QED) is 0.758. The number of fused-ring (bicyclic) bond motifs is 1. The largest absolute Gasteiger partial charge is 0.320 e. The number of aromatic nitrogens is 2. The van der Waals surface area contributed by atoms with Gasteiger partial charge in [-0.2, -0.15) is 5.10 Å². The molecule has 2 rings (SSSR count). The van der Waals surface area contributed by atoms with Crippen molar-refractivity contribution in [2.24, 2.45) is 5.73 Å². The van der Waals surface area contributed by atoms with Gasteiger partial charge in [-0.3, -0.25) is 5.10 Å². The maximum Gasteiger partial charge on any atom is 0.0894 e. The van der Waals surface area contributed by atoms with Gasteiger partial charge in [-0.05, 0) is 19.9 Å². The fourth-order valence-corrected chi connectivity index (χ4v) is 1.72. The van der Waals surface area contributed by atoms with Gasteiger partial charge in [0, 0.05) is 5.39 Å².